The summed E-state index contributed by atoms with van der Waals surface area (Å²) < 4.78 is 25.6. The van der Waals surface area contributed by atoms with Gasteiger partial charge in [-0.3, -0.25) is 0 Å². The highest BCUT2D eigenvalue weighted by atomic mass is 32.1. The number of alkyl halides is 2. The molecule has 0 atom stereocenters. The van der Waals surface area contributed by atoms with Crippen molar-refractivity contribution in [2.45, 2.75) is 6.43 Å². The minimum absolute atomic E-state index is 0.0642. The lowest BCUT2D eigenvalue weighted by molar-refractivity contribution is 0.152. The van der Waals surface area contributed by atoms with Gasteiger partial charge in [-0.1, -0.05) is 11.3 Å². The fourth-order valence-corrected chi connectivity index (χ4v) is 2.13. The summed E-state index contributed by atoms with van der Waals surface area (Å²) in [6.07, 6.45) is -2.58. The SMILES string of the molecule is Nc1cc2sc(O)cc2cc1C(F)F. The Kier molecular flexibility index (Phi) is 2.03. The van der Waals surface area contributed by atoms with Gasteiger partial charge >= 0.3 is 0 Å². The van der Waals surface area contributed by atoms with Gasteiger partial charge in [0.05, 0.1) is 0 Å². The first-order chi connectivity index (χ1) is 6.58. The summed E-state index contributed by atoms with van der Waals surface area (Å²) in [5.74, 6) is 0. The van der Waals surface area contributed by atoms with E-state index in [1.54, 1.807) is 0 Å². The predicted molar refractivity (Wildman–Crippen MR) is 52.9 cm³/mol. The number of thiophene rings is 1. The number of nitrogen functional groups attached to an aromatic ring is 1. The lowest BCUT2D eigenvalue weighted by Gasteiger charge is -2.03. The number of halogens is 2. The van der Waals surface area contributed by atoms with E-state index < -0.39 is 6.43 Å². The Morgan fingerprint density at radius 3 is 2.64 bits per heavy atom. The maximum absolute atomic E-state index is 12.4. The molecule has 1 aromatic heterocycles. The fourth-order valence-electron chi connectivity index (χ4n) is 1.30. The molecule has 0 radical (unpaired) electrons. The average molecular weight is 215 g/mol. The third-order valence-electron chi connectivity index (χ3n) is 1.94. The molecule has 0 spiro atoms. The van der Waals surface area contributed by atoms with Crippen molar-refractivity contribution >= 4 is 27.1 Å². The van der Waals surface area contributed by atoms with Crippen molar-refractivity contribution < 1.29 is 13.9 Å². The van der Waals surface area contributed by atoms with Crippen molar-refractivity contribution in [1.82, 2.24) is 0 Å². The lowest BCUT2D eigenvalue weighted by Crippen LogP contribution is -1.93. The van der Waals surface area contributed by atoms with Gasteiger partial charge in [0.15, 0.2) is 5.06 Å². The van der Waals surface area contributed by atoms with Crippen LogP contribution >= 0.6 is 11.3 Å². The standard InChI is InChI=1S/C9H7F2NOS/c10-9(11)5-1-4-2-8(13)14-7(4)3-6(5)12/h1-3,9,13H,12H2. The van der Waals surface area contributed by atoms with Crippen LogP contribution in [0.15, 0.2) is 18.2 Å². The normalized spacial score (nSPS) is 11.4. The van der Waals surface area contributed by atoms with Gasteiger partial charge < -0.3 is 10.8 Å². The zero-order valence-corrected chi connectivity index (χ0v) is 7.81. The molecule has 2 aromatic rings. The Hall–Kier alpha value is -1.36. The predicted octanol–water partition coefficient (Wildman–Crippen LogP) is 3.13. The second-order valence-electron chi connectivity index (χ2n) is 2.90. The first-order valence-corrected chi connectivity index (χ1v) is 4.69. The molecule has 0 unspecified atom stereocenters. The first-order valence-electron chi connectivity index (χ1n) is 3.88. The summed E-state index contributed by atoms with van der Waals surface area (Å²) in [7, 11) is 0. The van der Waals surface area contributed by atoms with Crippen molar-refractivity contribution in [3.63, 3.8) is 0 Å². The number of hydrogen-bond acceptors (Lipinski definition) is 3. The molecular formula is C9H7F2NOS. The van der Waals surface area contributed by atoms with Crippen molar-refractivity contribution in [2.75, 3.05) is 5.73 Å². The number of aromatic hydroxyl groups is 1. The summed E-state index contributed by atoms with van der Waals surface area (Å²) in [6.45, 7) is 0. The van der Waals surface area contributed by atoms with E-state index in [4.69, 9.17) is 10.8 Å². The highest BCUT2D eigenvalue weighted by Crippen LogP contribution is 2.36. The van der Waals surface area contributed by atoms with Gasteiger partial charge in [-0.05, 0) is 23.6 Å². The highest BCUT2D eigenvalue weighted by Gasteiger charge is 2.13. The number of anilines is 1. The smallest absolute Gasteiger partial charge is 0.265 e. The number of rotatable bonds is 1. The average Bonchev–Trinajstić information content (AvgIpc) is 2.42. The van der Waals surface area contributed by atoms with Crippen molar-refractivity contribution in [3.05, 3.63) is 23.8 Å². The Labute approximate surface area is 82.6 Å². The van der Waals surface area contributed by atoms with Gasteiger partial charge in [0.2, 0.25) is 0 Å². The molecule has 0 aliphatic carbocycles. The van der Waals surface area contributed by atoms with Crippen LogP contribution in [0, 0.1) is 0 Å². The number of nitrogens with two attached hydrogens (primary N) is 1. The van der Waals surface area contributed by atoms with Gasteiger partial charge in [-0.2, -0.15) is 0 Å². The Balaban J connectivity index is 2.70. The molecular weight excluding hydrogens is 208 g/mol. The van der Waals surface area contributed by atoms with Crippen LogP contribution in [0.3, 0.4) is 0 Å². The largest absolute Gasteiger partial charge is 0.499 e. The molecule has 0 aliphatic heterocycles. The molecule has 0 saturated heterocycles. The summed E-state index contributed by atoms with van der Waals surface area (Å²) in [5, 5.41) is 9.86. The maximum atomic E-state index is 12.4. The van der Waals surface area contributed by atoms with E-state index >= 15 is 0 Å². The molecule has 2 nitrogen and oxygen atoms in total. The minimum Gasteiger partial charge on any atom is -0.499 e. The molecule has 0 saturated carbocycles. The summed E-state index contributed by atoms with van der Waals surface area (Å²) in [4.78, 5) is 0. The van der Waals surface area contributed by atoms with Crippen LogP contribution in [-0.4, -0.2) is 5.11 Å². The summed E-state index contributed by atoms with van der Waals surface area (Å²) >= 11 is 1.12. The van der Waals surface area contributed by atoms with E-state index in [2.05, 4.69) is 0 Å². The molecule has 0 aliphatic rings. The molecule has 5 heteroatoms. The lowest BCUT2D eigenvalue weighted by atomic mass is 10.1. The van der Waals surface area contributed by atoms with Gasteiger partial charge in [0.25, 0.3) is 6.43 Å². The highest BCUT2D eigenvalue weighted by molar-refractivity contribution is 7.20. The molecule has 14 heavy (non-hydrogen) atoms. The zero-order chi connectivity index (χ0) is 10.3. The van der Waals surface area contributed by atoms with E-state index in [9.17, 15) is 8.78 Å². The van der Waals surface area contributed by atoms with Crippen LogP contribution in [-0.2, 0) is 0 Å². The van der Waals surface area contributed by atoms with E-state index in [-0.39, 0.29) is 16.3 Å². The summed E-state index contributed by atoms with van der Waals surface area (Å²) in [6, 6.07) is 4.22. The van der Waals surface area contributed by atoms with Crippen LogP contribution in [0.5, 0.6) is 5.06 Å². The molecule has 74 valence electrons. The van der Waals surface area contributed by atoms with Crippen LogP contribution in [0.1, 0.15) is 12.0 Å². The topological polar surface area (TPSA) is 46.2 Å². The number of fused-ring (bicyclic) bond motifs is 1. The molecule has 1 heterocycles. The van der Waals surface area contributed by atoms with E-state index in [0.717, 1.165) is 11.3 Å². The van der Waals surface area contributed by atoms with E-state index in [1.807, 2.05) is 0 Å². The second kappa shape index (κ2) is 3.09. The number of hydrogen-bond donors (Lipinski definition) is 2. The third-order valence-corrected chi connectivity index (χ3v) is 2.84. The van der Waals surface area contributed by atoms with Crippen LogP contribution in [0.4, 0.5) is 14.5 Å². The Bertz CT molecular complexity index is 481. The monoisotopic (exact) mass is 215 g/mol. The van der Waals surface area contributed by atoms with Gasteiger partial charge in [0.1, 0.15) is 0 Å². The quantitative estimate of drug-likeness (QED) is 0.718. The third kappa shape index (κ3) is 1.39. The van der Waals surface area contributed by atoms with Crippen LogP contribution < -0.4 is 5.73 Å². The Morgan fingerprint density at radius 2 is 2.00 bits per heavy atom. The van der Waals surface area contributed by atoms with Crippen molar-refractivity contribution in [3.8, 4) is 5.06 Å². The maximum Gasteiger partial charge on any atom is 0.265 e. The van der Waals surface area contributed by atoms with Crippen molar-refractivity contribution in [2.24, 2.45) is 0 Å². The van der Waals surface area contributed by atoms with Crippen LogP contribution in [0.25, 0.3) is 10.1 Å². The molecule has 1 aromatic carbocycles. The van der Waals surface area contributed by atoms with E-state index in [1.165, 1.54) is 18.2 Å². The molecule has 0 fully saturated rings. The zero-order valence-electron chi connectivity index (χ0n) is 7.00. The minimum atomic E-state index is -2.58. The first kappa shape index (κ1) is 9.21. The molecule has 3 N–H and O–H groups in total. The van der Waals surface area contributed by atoms with Gasteiger partial charge in [-0.15, -0.1) is 0 Å². The van der Waals surface area contributed by atoms with Gasteiger partial charge in [-0.25, -0.2) is 8.78 Å². The molecule has 0 bridgehead atoms. The van der Waals surface area contributed by atoms with E-state index in [0.29, 0.717) is 10.1 Å². The Morgan fingerprint density at radius 1 is 1.29 bits per heavy atom. The summed E-state index contributed by atoms with van der Waals surface area (Å²) in [5.41, 5.74) is 5.32. The fraction of sp³-hybridized carbons (Fsp3) is 0.111. The number of benzene rings is 1. The van der Waals surface area contributed by atoms with Crippen molar-refractivity contribution in [1.29, 1.82) is 0 Å². The van der Waals surface area contributed by atoms with Crippen LogP contribution in [0.2, 0.25) is 0 Å². The van der Waals surface area contributed by atoms with Gasteiger partial charge in [0, 0.05) is 16.0 Å². The molecule has 0 amide bonds. The second-order valence-corrected chi connectivity index (χ2v) is 3.97. The molecule has 2 rings (SSSR count).